The molecule has 0 saturated carbocycles. The number of anilines is 1. The lowest BCUT2D eigenvalue weighted by molar-refractivity contribution is 0.0595. The zero-order valence-corrected chi connectivity index (χ0v) is 11.8. The van der Waals surface area contributed by atoms with E-state index in [-0.39, 0.29) is 11.4 Å². The molecule has 106 valence electrons. The second-order valence-corrected chi connectivity index (χ2v) is 7.88. The zero-order valence-electron chi connectivity index (χ0n) is 10.2. The van der Waals surface area contributed by atoms with E-state index >= 15 is 0 Å². The fourth-order valence-electron chi connectivity index (χ4n) is 1.23. The van der Waals surface area contributed by atoms with Gasteiger partial charge in [0, 0.05) is 12.5 Å². The Labute approximate surface area is 110 Å². The Bertz CT molecular complexity index is 680. The quantitative estimate of drug-likeness (QED) is 0.736. The summed E-state index contributed by atoms with van der Waals surface area (Å²) in [7, 11) is -6.75. The summed E-state index contributed by atoms with van der Waals surface area (Å²) >= 11 is 0. The van der Waals surface area contributed by atoms with Gasteiger partial charge in [-0.15, -0.1) is 0 Å². The standard InChI is InChI=1S/C9H12N2O6S2/c1-17-9(12)8-7(4-3-5-10-8)11-19(15,16)6-18(2,13)14/h3-5,11H,6H2,1-2H3. The molecule has 0 spiro atoms. The van der Waals surface area contributed by atoms with Gasteiger partial charge in [-0.1, -0.05) is 0 Å². The van der Waals surface area contributed by atoms with Gasteiger partial charge in [0.15, 0.2) is 20.6 Å². The number of carbonyl (C=O) groups excluding carboxylic acids is 1. The topological polar surface area (TPSA) is 119 Å². The molecule has 0 amide bonds. The Balaban J connectivity index is 3.10. The lowest BCUT2D eigenvalue weighted by atomic mass is 10.3. The number of nitrogens with one attached hydrogen (secondary N) is 1. The van der Waals surface area contributed by atoms with Crippen molar-refractivity contribution in [2.75, 3.05) is 23.2 Å². The maximum Gasteiger partial charge on any atom is 0.358 e. The van der Waals surface area contributed by atoms with Crippen LogP contribution in [-0.4, -0.2) is 46.2 Å². The average molecular weight is 308 g/mol. The second kappa shape index (κ2) is 5.53. The molecule has 0 fully saturated rings. The Morgan fingerprint density at radius 1 is 1.37 bits per heavy atom. The molecule has 1 aromatic rings. The van der Waals surface area contributed by atoms with Gasteiger partial charge in [-0.3, -0.25) is 4.72 Å². The third-order valence-corrected chi connectivity index (χ3v) is 5.31. The lowest BCUT2D eigenvalue weighted by Crippen LogP contribution is -2.23. The molecule has 0 radical (unpaired) electrons. The molecule has 19 heavy (non-hydrogen) atoms. The molecule has 0 aliphatic heterocycles. The summed E-state index contributed by atoms with van der Waals surface area (Å²) in [5, 5.41) is -1.09. The number of rotatable bonds is 5. The number of sulfone groups is 1. The summed E-state index contributed by atoms with van der Waals surface area (Å²) in [6.07, 6.45) is 2.07. The van der Waals surface area contributed by atoms with Crippen molar-refractivity contribution in [3.8, 4) is 0 Å². The van der Waals surface area contributed by atoms with Crippen molar-refractivity contribution in [2.45, 2.75) is 0 Å². The molecule has 1 aromatic heterocycles. The van der Waals surface area contributed by atoms with E-state index in [2.05, 4.69) is 9.72 Å². The second-order valence-electron chi connectivity index (χ2n) is 3.65. The molecule has 0 atom stereocenters. The summed E-state index contributed by atoms with van der Waals surface area (Å²) in [5.41, 5.74) is -0.389. The minimum absolute atomic E-state index is 0.141. The van der Waals surface area contributed by atoms with E-state index < -0.39 is 30.9 Å². The number of methoxy groups -OCH3 is 1. The third-order valence-electron chi connectivity index (χ3n) is 1.82. The molecule has 10 heteroatoms. The Morgan fingerprint density at radius 2 is 2.00 bits per heavy atom. The van der Waals surface area contributed by atoms with E-state index in [0.717, 1.165) is 13.4 Å². The van der Waals surface area contributed by atoms with Crippen LogP contribution >= 0.6 is 0 Å². The number of hydrogen-bond acceptors (Lipinski definition) is 7. The van der Waals surface area contributed by atoms with E-state index in [9.17, 15) is 21.6 Å². The van der Waals surface area contributed by atoms with Crippen LogP contribution in [0, 0.1) is 0 Å². The molecule has 0 aliphatic rings. The molecule has 1 rings (SSSR count). The van der Waals surface area contributed by atoms with Gasteiger partial charge in [0.25, 0.3) is 0 Å². The maximum atomic E-state index is 11.6. The van der Waals surface area contributed by atoms with E-state index in [4.69, 9.17) is 0 Å². The highest BCUT2D eigenvalue weighted by molar-refractivity contribution is 8.08. The molecule has 0 unspecified atom stereocenters. The molecule has 0 saturated heterocycles. The minimum Gasteiger partial charge on any atom is -0.464 e. The van der Waals surface area contributed by atoms with Gasteiger partial charge in [-0.05, 0) is 12.1 Å². The molecule has 0 bridgehead atoms. The van der Waals surface area contributed by atoms with Crippen LogP contribution in [0.25, 0.3) is 0 Å². The first kappa shape index (κ1) is 15.4. The number of nitrogens with zero attached hydrogens (tertiary/aromatic N) is 1. The largest absolute Gasteiger partial charge is 0.464 e. The van der Waals surface area contributed by atoms with Crippen LogP contribution < -0.4 is 4.72 Å². The van der Waals surface area contributed by atoms with Crippen LogP contribution in [0.1, 0.15) is 10.5 Å². The molecular weight excluding hydrogens is 296 g/mol. The summed E-state index contributed by atoms with van der Waals surface area (Å²) in [5.74, 6) is -0.836. The Morgan fingerprint density at radius 3 is 2.53 bits per heavy atom. The van der Waals surface area contributed by atoms with Gasteiger partial charge in [-0.25, -0.2) is 26.6 Å². The van der Waals surface area contributed by atoms with Crippen molar-refractivity contribution in [3.05, 3.63) is 24.0 Å². The van der Waals surface area contributed by atoms with Crippen LogP contribution in [-0.2, 0) is 24.6 Å². The predicted molar refractivity (Wildman–Crippen MR) is 67.8 cm³/mol. The highest BCUT2D eigenvalue weighted by Crippen LogP contribution is 2.15. The monoisotopic (exact) mass is 308 g/mol. The van der Waals surface area contributed by atoms with Crippen LogP contribution in [0.5, 0.6) is 0 Å². The first-order valence-corrected chi connectivity index (χ1v) is 8.57. The number of hydrogen-bond donors (Lipinski definition) is 1. The van der Waals surface area contributed by atoms with Crippen molar-refractivity contribution in [3.63, 3.8) is 0 Å². The van der Waals surface area contributed by atoms with Crippen LogP contribution in [0.2, 0.25) is 0 Å². The van der Waals surface area contributed by atoms with E-state index in [1.807, 2.05) is 4.72 Å². The van der Waals surface area contributed by atoms with Gasteiger partial charge in [0.2, 0.25) is 10.0 Å². The van der Waals surface area contributed by atoms with Crippen molar-refractivity contribution in [2.24, 2.45) is 0 Å². The number of pyridine rings is 1. The number of aromatic nitrogens is 1. The third kappa shape index (κ3) is 4.83. The summed E-state index contributed by atoms with van der Waals surface area (Å²) in [6, 6.07) is 2.67. The number of carbonyl (C=O) groups is 1. The van der Waals surface area contributed by atoms with E-state index in [1.165, 1.54) is 18.3 Å². The fourth-order valence-corrected chi connectivity index (χ4v) is 4.22. The van der Waals surface area contributed by atoms with E-state index in [0.29, 0.717) is 0 Å². The molecular formula is C9H12N2O6S2. The lowest BCUT2D eigenvalue weighted by Gasteiger charge is -2.09. The first-order chi connectivity index (χ1) is 8.64. The summed E-state index contributed by atoms with van der Waals surface area (Å²) < 4.78 is 51.6. The van der Waals surface area contributed by atoms with Crippen molar-refractivity contribution in [1.82, 2.24) is 4.98 Å². The Hall–Kier alpha value is -1.68. The SMILES string of the molecule is COC(=O)c1ncccc1NS(=O)(=O)CS(C)(=O)=O. The van der Waals surface area contributed by atoms with E-state index in [1.54, 1.807) is 0 Å². The van der Waals surface area contributed by atoms with Gasteiger partial charge >= 0.3 is 5.97 Å². The zero-order chi connectivity index (χ0) is 14.7. The molecule has 8 nitrogen and oxygen atoms in total. The number of ether oxygens (including phenoxy) is 1. The average Bonchev–Trinajstić information content (AvgIpc) is 2.24. The number of sulfonamides is 1. The normalized spacial score (nSPS) is 11.9. The van der Waals surface area contributed by atoms with Gasteiger partial charge < -0.3 is 4.74 Å². The smallest absolute Gasteiger partial charge is 0.358 e. The summed E-state index contributed by atoms with van der Waals surface area (Å²) in [6.45, 7) is 0. The predicted octanol–water partition coefficient (Wildman–Crippen LogP) is -0.388. The maximum absolute atomic E-state index is 11.6. The minimum atomic E-state index is -4.14. The highest BCUT2D eigenvalue weighted by Gasteiger charge is 2.21. The van der Waals surface area contributed by atoms with Crippen molar-refractivity contribution >= 4 is 31.5 Å². The molecule has 1 heterocycles. The van der Waals surface area contributed by atoms with Gasteiger partial charge in [0.05, 0.1) is 12.8 Å². The fraction of sp³-hybridized carbons (Fsp3) is 0.333. The highest BCUT2D eigenvalue weighted by atomic mass is 32.3. The van der Waals surface area contributed by atoms with Crippen LogP contribution in [0.15, 0.2) is 18.3 Å². The molecule has 0 aliphatic carbocycles. The van der Waals surface area contributed by atoms with Crippen molar-refractivity contribution < 1.29 is 26.4 Å². The molecule has 1 N–H and O–H groups in total. The summed E-state index contributed by atoms with van der Waals surface area (Å²) in [4.78, 5) is 15.0. The van der Waals surface area contributed by atoms with Crippen molar-refractivity contribution in [1.29, 1.82) is 0 Å². The van der Waals surface area contributed by atoms with Crippen LogP contribution in [0.4, 0.5) is 5.69 Å². The van der Waals surface area contributed by atoms with Gasteiger partial charge in [0.1, 0.15) is 0 Å². The first-order valence-electron chi connectivity index (χ1n) is 4.86. The van der Waals surface area contributed by atoms with Crippen LogP contribution in [0.3, 0.4) is 0 Å². The van der Waals surface area contributed by atoms with Gasteiger partial charge in [-0.2, -0.15) is 0 Å². The Kier molecular flexibility index (Phi) is 4.48. The molecule has 0 aromatic carbocycles. The number of esters is 1.